The van der Waals surface area contributed by atoms with E-state index in [9.17, 15) is 18.9 Å². The standard InChI is InChI=1S/C8H6F2N2O2/c1-4(11)6-2-5(12(13)14)3-7(9)8(6)10/h2-3,11H,1H3. The van der Waals surface area contributed by atoms with Crippen molar-refractivity contribution in [2.75, 3.05) is 0 Å². The van der Waals surface area contributed by atoms with Crippen molar-refractivity contribution in [3.05, 3.63) is 39.4 Å². The maximum atomic E-state index is 13.0. The molecule has 0 atom stereocenters. The van der Waals surface area contributed by atoms with Crippen molar-refractivity contribution in [3.8, 4) is 0 Å². The molecule has 1 N–H and O–H groups in total. The predicted molar refractivity (Wildman–Crippen MR) is 45.5 cm³/mol. The fourth-order valence-electron chi connectivity index (χ4n) is 0.953. The first-order valence-corrected chi connectivity index (χ1v) is 3.62. The van der Waals surface area contributed by atoms with Gasteiger partial charge in [-0.15, -0.1) is 0 Å². The lowest BCUT2D eigenvalue weighted by Crippen LogP contribution is -2.02. The SMILES string of the molecule is CC(=N)c1cc([N+](=O)[O-])cc(F)c1F. The van der Waals surface area contributed by atoms with Crippen molar-refractivity contribution in [3.63, 3.8) is 0 Å². The third-order valence-electron chi connectivity index (χ3n) is 1.63. The molecule has 4 nitrogen and oxygen atoms in total. The number of halogens is 2. The second-order valence-corrected chi connectivity index (χ2v) is 2.67. The molecule has 0 aliphatic heterocycles. The Morgan fingerprint density at radius 2 is 2.07 bits per heavy atom. The van der Waals surface area contributed by atoms with E-state index >= 15 is 0 Å². The van der Waals surface area contributed by atoms with Gasteiger partial charge in [0.2, 0.25) is 0 Å². The summed E-state index contributed by atoms with van der Waals surface area (Å²) in [4.78, 5) is 9.45. The molecule has 0 fully saturated rings. The molecule has 74 valence electrons. The number of hydrogen-bond acceptors (Lipinski definition) is 3. The lowest BCUT2D eigenvalue weighted by molar-refractivity contribution is -0.385. The van der Waals surface area contributed by atoms with Crippen LogP contribution in [0.2, 0.25) is 0 Å². The van der Waals surface area contributed by atoms with Crippen LogP contribution in [0, 0.1) is 27.2 Å². The van der Waals surface area contributed by atoms with Gasteiger partial charge in [0, 0.05) is 17.3 Å². The monoisotopic (exact) mass is 200 g/mol. The molecule has 0 bridgehead atoms. The summed E-state index contributed by atoms with van der Waals surface area (Å²) in [6.45, 7) is 1.22. The van der Waals surface area contributed by atoms with Crippen molar-refractivity contribution in [1.82, 2.24) is 0 Å². The highest BCUT2D eigenvalue weighted by molar-refractivity contribution is 5.97. The minimum Gasteiger partial charge on any atom is -0.305 e. The topological polar surface area (TPSA) is 67.0 Å². The van der Waals surface area contributed by atoms with Gasteiger partial charge in [0.1, 0.15) is 0 Å². The zero-order chi connectivity index (χ0) is 10.9. The van der Waals surface area contributed by atoms with Gasteiger partial charge in [-0.25, -0.2) is 8.78 Å². The third-order valence-corrected chi connectivity index (χ3v) is 1.63. The second-order valence-electron chi connectivity index (χ2n) is 2.67. The number of nitro benzene ring substituents is 1. The van der Waals surface area contributed by atoms with E-state index in [0.29, 0.717) is 6.07 Å². The maximum Gasteiger partial charge on any atom is 0.273 e. The summed E-state index contributed by atoms with van der Waals surface area (Å²) in [5, 5.41) is 17.4. The molecule has 6 heteroatoms. The van der Waals surface area contributed by atoms with Crippen molar-refractivity contribution >= 4 is 11.4 Å². The molecule has 0 aromatic heterocycles. The van der Waals surface area contributed by atoms with Gasteiger partial charge in [0.05, 0.1) is 11.0 Å². The van der Waals surface area contributed by atoms with Crippen LogP contribution in [-0.2, 0) is 0 Å². The highest BCUT2D eigenvalue weighted by Crippen LogP contribution is 2.20. The summed E-state index contributed by atoms with van der Waals surface area (Å²) in [6, 6.07) is 1.32. The van der Waals surface area contributed by atoms with Crippen LogP contribution in [0.3, 0.4) is 0 Å². The zero-order valence-electron chi connectivity index (χ0n) is 7.17. The molecule has 0 unspecified atom stereocenters. The molecular weight excluding hydrogens is 194 g/mol. The normalized spacial score (nSPS) is 9.93. The van der Waals surface area contributed by atoms with Crippen LogP contribution in [-0.4, -0.2) is 10.6 Å². The van der Waals surface area contributed by atoms with E-state index < -0.39 is 27.8 Å². The molecule has 14 heavy (non-hydrogen) atoms. The van der Waals surface area contributed by atoms with E-state index in [1.165, 1.54) is 6.92 Å². The molecule has 0 spiro atoms. The van der Waals surface area contributed by atoms with Gasteiger partial charge >= 0.3 is 0 Å². The quantitative estimate of drug-likeness (QED) is 0.452. The Labute approximate surface area is 77.8 Å². The molecule has 0 heterocycles. The number of nitrogens with zero attached hydrogens (tertiary/aromatic N) is 1. The number of hydrogen-bond donors (Lipinski definition) is 1. The Hall–Kier alpha value is -1.85. The molecule has 0 aliphatic rings. The van der Waals surface area contributed by atoms with Crippen molar-refractivity contribution < 1.29 is 13.7 Å². The van der Waals surface area contributed by atoms with E-state index in [0.717, 1.165) is 6.07 Å². The smallest absolute Gasteiger partial charge is 0.273 e. The molecular formula is C8H6F2N2O2. The molecule has 1 aromatic rings. The fraction of sp³-hybridized carbons (Fsp3) is 0.125. The first-order chi connectivity index (χ1) is 6.43. The Morgan fingerprint density at radius 3 is 2.50 bits per heavy atom. The largest absolute Gasteiger partial charge is 0.305 e. The van der Waals surface area contributed by atoms with Crippen LogP contribution < -0.4 is 0 Å². The van der Waals surface area contributed by atoms with E-state index in [1.54, 1.807) is 0 Å². The average Bonchev–Trinajstić information content (AvgIpc) is 2.08. The van der Waals surface area contributed by atoms with Crippen LogP contribution in [0.5, 0.6) is 0 Å². The molecule has 0 saturated carbocycles. The van der Waals surface area contributed by atoms with Crippen molar-refractivity contribution in [2.24, 2.45) is 0 Å². The summed E-state index contributed by atoms with van der Waals surface area (Å²) in [6.07, 6.45) is 0. The van der Waals surface area contributed by atoms with Gasteiger partial charge in [0.15, 0.2) is 11.6 Å². The average molecular weight is 200 g/mol. The van der Waals surface area contributed by atoms with E-state index in [2.05, 4.69) is 0 Å². The van der Waals surface area contributed by atoms with Gasteiger partial charge in [-0.1, -0.05) is 0 Å². The Balaban J connectivity index is 3.43. The minimum absolute atomic E-state index is 0.259. The van der Waals surface area contributed by atoms with Crippen molar-refractivity contribution in [2.45, 2.75) is 6.92 Å². The van der Waals surface area contributed by atoms with Gasteiger partial charge in [0.25, 0.3) is 5.69 Å². The lowest BCUT2D eigenvalue weighted by atomic mass is 10.1. The van der Waals surface area contributed by atoms with Crippen LogP contribution in [0.15, 0.2) is 12.1 Å². The molecule has 1 rings (SSSR count). The Kier molecular flexibility index (Phi) is 2.55. The van der Waals surface area contributed by atoms with Gasteiger partial charge in [-0.3, -0.25) is 10.1 Å². The highest BCUT2D eigenvalue weighted by Gasteiger charge is 2.17. The van der Waals surface area contributed by atoms with E-state index in [4.69, 9.17) is 5.41 Å². The van der Waals surface area contributed by atoms with Gasteiger partial charge < -0.3 is 5.41 Å². The molecule has 1 aromatic carbocycles. The van der Waals surface area contributed by atoms with Gasteiger partial charge in [-0.2, -0.15) is 0 Å². The minimum atomic E-state index is -1.32. The van der Waals surface area contributed by atoms with E-state index in [1.807, 2.05) is 0 Å². The number of rotatable bonds is 2. The molecule has 0 saturated heterocycles. The Morgan fingerprint density at radius 1 is 1.50 bits per heavy atom. The summed E-state index contributed by atoms with van der Waals surface area (Å²) in [5.41, 5.74) is -1.22. The zero-order valence-corrected chi connectivity index (χ0v) is 7.17. The third kappa shape index (κ3) is 1.73. The maximum absolute atomic E-state index is 13.0. The summed E-state index contributed by atoms with van der Waals surface area (Å²) in [7, 11) is 0. The van der Waals surface area contributed by atoms with Crippen LogP contribution >= 0.6 is 0 Å². The highest BCUT2D eigenvalue weighted by atomic mass is 19.2. The van der Waals surface area contributed by atoms with Crippen LogP contribution in [0.4, 0.5) is 14.5 Å². The molecule has 0 amide bonds. The summed E-state index contributed by atoms with van der Waals surface area (Å²) in [5.74, 6) is -2.55. The molecule has 0 aliphatic carbocycles. The number of nitro groups is 1. The fourth-order valence-corrected chi connectivity index (χ4v) is 0.953. The Bertz CT molecular complexity index is 418. The first kappa shape index (κ1) is 10.2. The van der Waals surface area contributed by atoms with Crippen molar-refractivity contribution in [1.29, 1.82) is 5.41 Å². The number of nitrogens with one attached hydrogen (secondary N) is 1. The first-order valence-electron chi connectivity index (χ1n) is 3.62. The number of non-ortho nitro benzene ring substituents is 1. The number of benzene rings is 1. The van der Waals surface area contributed by atoms with Crippen LogP contribution in [0.1, 0.15) is 12.5 Å². The summed E-state index contributed by atoms with van der Waals surface area (Å²) >= 11 is 0. The van der Waals surface area contributed by atoms with E-state index in [-0.39, 0.29) is 5.71 Å². The van der Waals surface area contributed by atoms with Crippen LogP contribution in [0.25, 0.3) is 0 Å². The second kappa shape index (κ2) is 3.49. The van der Waals surface area contributed by atoms with Gasteiger partial charge in [-0.05, 0) is 6.92 Å². The molecule has 0 radical (unpaired) electrons. The predicted octanol–water partition coefficient (Wildman–Crippen LogP) is 2.26. The lowest BCUT2D eigenvalue weighted by Gasteiger charge is -2.01. The summed E-state index contributed by atoms with van der Waals surface area (Å²) < 4.78 is 25.7.